The van der Waals surface area contributed by atoms with E-state index in [1.165, 1.54) is 21.3 Å². The molecule has 5 nitrogen and oxygen atoms in total. The van der Waals surface area contributed by atoms with Gasteiger partial charge in [0.1, 0.15) is 0 Å². The third kappa shape index (κ3) is 2.23. The first-order chi connectivity index (χ1) is 6.58. The van der Waals surface area contributed by atoms with Crippen molar-refractivity contribution in [2.75, 3.05) is 27.9 Å². The molecule has 0 saturated heterocycles. The zero-order valence-electron chi connectivity index (χ0n) is 8.96. The van der Waals surface area contributed by atoms with Crippen molar-refractivity contribution < 1.29 is 23.8 Å². The third-order valence-electron chi connectivity index (χ3n) is 2.15. The molecule has 14 heavy (non-hydrogen) atoms. The summed E-state index contributed by atoms with van der Waals surface area (Å²) in [7, 11) is 3.87. The fourth-order valence-electron chi connectivity index (χ4n) is 1.23. The first-order valence-electron chi connectivity index (χ1n) is 4.24. The van der Waals surface area contributed by atoms with E-state index in [1.54, 1.807) is 6.92 Å². The molecule has 0 N–H and O–H groups in total. The molecule has 0 aliphatic carbocycles. The van der Waals surface area contributed by atoms with E-state index in [0.29, 0.717) is 0 Å². The van der Waals surface area contributed by atoms with Crippen molar-refractivity contribution in [3.63, 3.8) is 0 Å². The predicted octanol–water partition coefficient (Wildman–Crippen LogP) is 0.375. The summed E-state index contributed by atoms with van der Waals surface area (Å²) in [5.41, 5.74) is -1.34. The summed E-state index contributed by atoms with van der Waals surface area (Å²) >= 11 is 0. The van der Waals surface area contributed by atoms with Crippen LogP contribution in [0, 0.1) is 5.41 Å². The summed E-state index contributed by atoms with van der Waals surface area (Å²) in [6.07, 6.45) is 0.278. The van der Waals surface area contributed by atoms with Gasteiger partial charge in [-0.05, 0) is 6.42 Å². The summed E-state index contributed by atoms with van der Waals surface area (Å²) in [5.74, 6) is -1.26. The normalized spacial score (nSPS) is 10.9. The molecule has 0 saturated carbocycles. The zero-order valence-corrected chi connectivity index (χ0v) is 8.96. The standard InChI is InChI=1S/C9H16O5/c1-5-9(6-12-2,7(10)13-3)8(11)14-4/h5-6H2,1-4H3. The second kappa shape index (κ2) is 5.59. The van der Waals surface area contributed by atoms with Crippen molar-refractivity contribution in [2.45, 2.75) is 13.3 Å². The number of ether oxygens (including phenoxy) is 3. The van der Waals surface area contributed by atoms with Crippen molar-refractivity contribution in [3.8, 4) is 0 Å². The molecule has 0 atom stereocenters. The van der Waals surface area contributed by atoms with E-state index < -0.39 is 17.4 Å². The smallest absolute Gasteiger partial charge is 0.325 e. The van der Waals surface area contributed by atoms with E-state index >= 15 is 0 Å². The quantitative estimate of drug-likeness (QED) is 0.478. The van der Waals surface area contributed by atoms with E-state index in [2.05, 4.69) is 9.47 Å². The van der Waals surface area contributed by atoms with Gasteiger partial charge in [-0.25, -0.2) is 0 Å². The van der Waals surface area contributed by atoms with Crippen molar-refractivity contribution in [2.24, 2.45) is 5.41 Å². The van der Waals surface area contributed by atoms with Gasteiger partial charge in [-0.3, -0.25) is 9.59 Å². The van der Waals surface area contributed by atoms with Crippen LogP contribution >= 0.6 is 0 Å². The molecule has 0 bridgehead atoms. The van der Waals surface area contributed by atoms with Gasteiger partial charge >= 0.3 is 11.9 Å². The second-order valence-electron chi connectivity index (χ2n) is 2.85. The molecule has 0 heterocycles. The van der Waals surface area contributed by atoms with Gasteiger partial charge in [-0.2, -0.15) is 0 Å². The number of esters is 2. The third-order valence-corrected chi connectivity index (χ3v) is 2.15. The number of rotatable bonds is 5. The van der Waals surface area contributed by atoms with Crippen LogP contribution in [-0.4, -0.2) is 39.9 Å². The molecule has 0 unspecified atom stereocenters. The Balaban J connectivity index is 4.96. The van der Waals surface area contributed by atoms with Crippen molar-refractivity contribution in [1.82, 2.24) is 0 Å². The minimum atomic E-state index is -1.34. The van der Waals surface area contributed by atoms with Crippen LogP contribution in [0.4, 0.5) is 0 Å². The summed E-state index contributed by atoms with van der Waals surface area (Å²) in [5, 5.41) is 0. The van der Waals surface area contributed by atoms with Crippen molar-refractivity contribution in [3.05, 3.63) is 0 Å². The lowest BCUT2D eigenvalue weighted by Crippen LogP contribution is -2.44. The summed E-state index contributed by atoms with van der Waals surface area (Å²) in [4.78, 5) is 22.9. The number of methoxy groups -OCH3 is 3. The van der Waals surface area contributed by atoms with Crippen LogP contribution in [0.25, 0.3) is 0 Å². The Labute approximate surface area is 83.3 Å². The molecule has 0 spiro atoms. The number of carbonyl (C=O) groups excluding carboxylic acids is 2. The van der Waals surface area contributed by atoms with Crippen LogP contribution in [0.3, 0.4) is 0 Å². The maximum atomic E-state index is 11.5. The van der Waals surface area contributed by atoms with Crippen LogP contribution < -0.4 is 0 Å². The van der Waals surface area contributed by atoms with Gasteiger partial charge in [0, 0.05) is 7.11 Å². The molecule has 0 aliphatic rings. The lowest BCUT2D eigenvalue weighted by molar-refractivity contribution is -0.173. The first-order valence-corrected chi connectivity index (χ1v) is 4.24. The summed E-state index contributed by atoms with van der Waals surface area (Å²) in [6.45, 7) is 1.66. The van der Waals surface area contributed by atoms with Gasteiger partial charge < -0.3 is 14.2 Å². The monoisotopic (exact) mass is 204 g/mol. The molecule has 5 heteroatoms. The van der Waals surface area contributed by atoms with E-state index in [9.17, 15) is 9.59 Å². The van der Waals surface area contributed by atoms with Crippen LogP contribution in [0.1, 0.15) is 13.3 Å². The average molecular weight is 204 g/mol. The fourth-order valence-corrected chi connectivity index (χ4v) is 1.23. The van der Waals surface area contributed by atoms with Gasteiger partial charge in [0.15, 0.2) is 5.41 Å². The maximum absolute atomic E-state index is 11.5. The highest BCUT2D eigenvalue weighted by Crippen LogP contribution is 2.25. The molecule has 0 radical (unpaired) electrons. The molecule has 82 valence electrons. The van der Waals surface area contributed by atoms with Crippen LogP contribution in [0.2, 0.25) is 0 Å². The average Bonchev–Trinajstić information content (AvgIpc) is 2.23. The highest BCUT2D eigenvalue weighted by atomic mass is 16.6. The van der Waals surface area contributed by atoms with E-state index in [1.807, 2.05) is 0 Å². The summed E-state index contributed by atoms with van der Waals surface area (Å²) in [6, 6.07) is 0. The maximum Gasteiger partial charge on any atom is 0.325 e. The van der Waals surface area contributed by atoms with Gasteiger partial charge in [0.05, 0.1) is 20.8 Å². The number of hydrogen-bond donors (Lipinski definition) is 0. The minimum Gasteiger partial charge on any atom is -0.468 e. The second-order valence-corrected chi connectivity index (χ2v) is 2.85. The Morgan fingerprint density at radius 2 is 1.50 bits per heavy atom. The molecule has 0 aromatic carbocycles. The molecule has 0 aromatic rings. The highest BCUT2D eigenvalue weighted by Gasteiger charge is 2.47. The zero-order chi connectivity index (χ0) is 11.2. The van der Waals surface area contributed by atoms with E-state index in [0.717, 1.165) is 0 Å². The molecule has 0 rings (SSSR count). The van der Waals surface area contributed by atoms with E-state index in [4.69, 9.17) is 4.74 Å². The predicted molar refractivity (Wildman–Crippen MR) is 48.6 cm³/mol. The van der Waals surface area contributed by atoms with Crippen molar-refractivity contribution in [1.29, 1.82) is 0 Å². The highest BCUT2D eigenvalue weighted by molar-refractivity contribution is 6.00. The molecule has 0 aromatic heterocycles. The van der Waals surface area contributed by atoms with Gasteiger partial charge in [0.25, 0.3) is 0 Å². The largest absolute Gasteiger partial charge is 0.468 e. The molecular formula is C9H16O5. The van der Waals surface area contributed by atoms with Crippen LogP contribution in [-0.2, 0) is 23.8 Å². The number of carbonyl (C=O) groups is 2. The van der Waals surface area contributed by atoms with Gasteiger partial charge in [-0.15, -0.1) is 0 Å². The Hall–Kier alpha value is -1.10. The Bertz CT molecular complexity index is 195. The fraction of sp³-hybridized carbons (Fsp3) is 0.778. The molecular weight excluding hydrogens is 188 g/mol. The van der Waals surface area contributed by atoms with Gasteiger partial charge in [0.2, 0.25) is 0 Å². The van der Waals surface area contributed by atoms with Gasteiger partial charge in [-0.1, -0.05) is 6.92 Å². The Kier molecular flexibility index (Phi) is 5.15. The van der Waals surface area contributed by atoms with Crippen LogP contribution in [0.5, 0.6) is 0 Å². The molecule has 0 fully saturated rings. The number of hydrogen-bond acceptors (Lipinski definition) is 5. The Morgan fingerprint density at radius 1 is 1.07 bits per heavy atom. The van der Waals surface area contributed by atoms with Crippen molar-refractivity contribution >= 4 is 11.9 Å². The Morgan fingerprint density at radius 3 is 1.71 bits per heavy atom. The molecule has 0 aliphatic heterocycles. The topological polar surface area (TPSA) is 61.8 Å². The molecule has 0 amide bonds. The SMILES string of the molecule is CCC(COC)(C(=O)OC)C(=O)OC. The van der Waals surface area contributed by atoms with E-state index in [-0.39, 0.29) is 13.0 Å². The lowest BCUT2D eigenvalue weighted by atomic mass is 9.86. The minimum absolute atomic E-state index is 0.0388. The lowest BCUT2D eigenvalue weighted by Gasteiger charge is -2.25. The summed E-state index contributed by atoms with van der Waals surface area (Å²) < 4.78 is 14.0. The first kappa shape index (κ1) is 12.9. The van der Waals surface area contributed by atoms with Crippen LogP contribution in [0.15, 0.2) is 0 Å².